The molecule has 0 N–H and O–H groups in total. The van der Waals surface area contributed by atoms with Crippen LogP contribution in [0.2, 0.25) is 0 Å². The Kier molecular flexibility index (Phi) is 5.06. The summed E-state index contributed by atoms with van der Waals surface area (Å²) in [5.41, 5.74) is -0.843. The van der Waals surface area contributed by atoms with Crippen LogP contribution in [0, 0.1) is 10.1 Å². The zero-order valence-electron chi connectivity index (χ0n) is 9.88. The molecular weight excluding hydrogens is 324 g/mol. The molecule has 0 unspecified atom stereocenters. The number of halogens is 3. The third-order valence-electron chi connectivity index (χ3n) is 1.98. The summed E-state index contributed by atoms with van der Waals surface area (Å²) in [5.74, 6) is -1.34. The number of alkyl halides is 2. The maximum absolute atomic E-state index is 12.1. The van der Waals surface area contributed by atoms with Crippen molar-refractivity contribution in [2.45, 2.75) is 18.4 Å². The fraction of sp³-hybridized carbons (Fsp3) is 0.333. The summed E-state index contributed by atoms with van der Waals surface area (Å²) in [5, 5.41) is 10.9. The summed E-state index contributed by atoms with van der Waals surface area (Å²) >= 11 is 0. The third kappa shape index (κ3) is 3.90. The molecule has 0 aliphatic heterocycles. The van der Waals surface area contributed by atoms with Crippen molar-refractivity contribution in [3.63, 3.8) is 0 Å². The molecule has 0 saturated heterocycles. The second kappa shape index (κ2) is 6.18. The Hall–Kier alpha value is -1.68. The van der Waals surface area contributed by atoms with Crippen molar-refractivity contribution in [3.05, 3.63) is 22.2 Å². The summed E-state index contributed by atoms with van der Waals surface area (Å²) in [6, 6.07) is 1.26. The largest absolute Gasteiger partial charge is 0.486 e. The fourth-order valence-corrected chi connectivity index (χ4v) is 2.33. The van der Waals surface area contributed by atoms with Gasteiger partial charge >= 0.3 is 12.3 Å². The maximum atomic E-state index is 12.1. The first-order chi connectivity index (χ1) is 9.16. The molecule has 7 nitrogen and oxygen atoms in total. The van der Waals surface area contributed by atoms with Crippen LogP contribution in [0.15, 0.2) is 17.0 Å². The van der Waals surface area contributed by atoms with E-state index in [0.29, 0.717) is 12.1 Å². The standard InChI is InChI=1S/C9H8ClF2NO6S/c1-2-18-8-6(13(14)15)3-5(19-9(11)12)4-7(8)20(10,16)17/h3-4,9H,2H2,1H3. The molecule has 0 aromatic heterocycles. The van der Waals surface area contributed by atoms with E-state index in [1.807, 2.05) is 0 Å². The van der Waals surface area contributed by atoms with Gasteiger partial charge in [-0.15, -0.1) is 0 Å². The average Bonchev–Trinajstić information content (AvgIpc) is 2.28. The van der Waals surface area contributed by atoms with Gasteiger partial charge in [-0.05, 0) is 6.92 Å². The quantitative estimate of drug-likeness (QED) is 0.451. The first-order valence-electron chi connectivity index (χ1n) is 5.01. The first-order valence-corrected chi connectivity index (χ1v) is 7.32. The Balaban J connectivity index is 3.59. The normalized spacial score (nSPS) is 11.4. The highest BCUT2D eigenvalue weighted by Crippen LogP contribution is 2.40. The van der Waals surface area contributed by atoms with E-state index in [1.165, 1.54) is 6.92 Å². The van der Waals surface area contributed by atoms with Crippen LogP contribution in [0.4, 0.5) is 14.5 Å². The first kappa shape index (κ1) is 16.4. The van der Waals surface area contributed by atoms with Gasteiger partial charge in [-0.2, -0.15) is 8.78 Å². The highest BCUT2D eigenvalue weighted by molar-refractivity contribution is 8.13. The number of rotatable bonds is 6. The monoisotopic (exact) mass is 331 g/mol. The molecular formula is C9H8ClF2NO6S. The predicted molar refractivity (Wildman–Crippen MR) is 63.9 cm³/mol. The van der Waals surface area contributed by atoms with E-state index in [2.05, 4.69) is 4.74 Å². The molecule has 0 bridgehead atoms. The molecule has 0 saturated carbocycles. The lowest BCUT2D eigenvalue weighted by molar-refractivity contribution is -0.386. The minimum atomic E-state index is -4.45. The number of nitrogens with zero attached hydrogens (tertiary/aromatic N) is 1. The van der Waals surface area contributed by atoms with Crippen LogP contribution in [0.1, 0.15) is 6.92 Å². The zero-order chi connectivity index (χ0) is 15.5. The van der Waals surface area contributed by atoms with E-state index >= 15 is 0 Å². The van der Waals surface area contributed by atoms with Gasteiger partial charge in [0.15, 0.2) is 0 Å². The van der Waals surface area contributed by atoms with Crippen molar-refractivity contribution in [2.75, 3.05) is 6.61 Å². The second-order valence-corrected chi connectivity index (χ2v) is 5.81. The molecule has 1 rings (SSSR count). The SMILES string of the molecule is CCOc1c([N+](=O)[O-])cc(OC(F)F)cc1S(=O)(=O)Cl. The minimum Gasteiger partial charge on any atom is -0.486 e. The van der Waals surface area contributed by atoms with Crippen LogP contribution in [0.3, 0.4) is 0 Å². The van der Waals surface area contributed by atoms with Crippen LogP contribution in [-0.4, -0.2) is 26.6 Å². The van der Waals surface area contributed by atoms with Crippen LogP contribution in [-0.2, 0) is 9.05 Å². The molecule has 0 spiro atoms. The van der Waals surface area contributed by atoms with Crippen molar-refractivity contribution in [2.24, 2.45) is 0 Å². The van der Waals surface area contributed by atoms with E-state index in [-0.39, 0.29) is 6.61 Å². The average molecular weight is 332 g/mol. The Bertz CT molecular complexity index is 621. The molecule has 0 aliphatic rings. The minimum absolute atomic E-state index is 0.0880. The molecule has 0 aliphatic carbocycles. The topological polar surface area (TPSA) is 95.7 Å². The fourth-order valence-electron chi connectivity index (χ4n) is 1.34. The lowest BCUT2D eigenvalue weighted by Gasteiger charge is -2.11. The van der Waals surface area contributed by atoms with Gasteiger partial charge in [0.1, 0.15) is 10.6 Å². The van der Waals surface area contributed by atoms with Crippen molar-refractivity contribution >= 4 is 25.4 Å². The predicted octanol–water partition coefficient (Wildman–Crippen LogP) is 2.52. The number of hydrogen-bond donors (Lipinski definition) is 0. The number of ether oxygens (including phenoxy) is 2. The Morgan fingerprint density at radius 2 is 2.05 bits per heavy atom. The van der Waals surface area contributed by atoms with Gasteiger partial charge in [-0.25, -0.2) is 8.42 Å². The maximum Gasteiger partial charge on any atom is 0.387 e. The van der Waals surface area contributed by atoms with Gasteiger partial charge in [0.05, 0.1) is 17.6 Å². The van der Waals surface area contributed by atoms with Gasteiger partial charge in [0.2, 0.25) is 5.75 Å². The molecule has 0 heterocycles. The Morgan fingerprint density at radius 3 is 2.45 bits per heavy atom. The van der Waals surface area contributed by atoms with Gasteiger partial charge in [0, 0.05) is 16.7 Å². The molecule has 112 valence electrons. The lowest BCUT2D eigenvalue weighted by atomic mass is 10.2. The molecule has 0 amide bonds. The summed E-state index contributed by atoms with van der Waals surface area (Å²) < 4.78 is 55.8. The van der Waals surface area contributed by atoms with E-state index in [4.69, 9.17) is 15.4 Å². The molecule has 1 aromatic carbocycles. The van der Waals surface area contributed by atoms with Gasteiger partial charge in [-0.3, -0.25) is 10.1 Å². The summed E-state index contributed by atoms with van der Waals surface area (Å²) in [4.78, 5) is 9.05. The van der Waals surface area contributed by atoms with E-state index < -0.39 is 42.7 Å². The number of hydrogen-bond acceptors (Lipinski definition) is 6. The number of benzene rings is 1. The lowest BCUT2D eigenvalue weighted by Crippen LogP contribution is -2.07. The van der Waals surface area contributed by atoms with Crippen molar-refractivity contribution in [3.8, 4) is 11.5 Å². The molecule has 1 aromatic rings. The Labute approximate surface area is 116 Å². The van der Waals surface area contributed by atoms with Crippen molar-refractivity contribution in [1.82, 2.24) is 0 Å². The van der Waals surface area contributed by atoms with Gasteiger partial charge in [0.25, 0.3) is 9.05 Å². The van der Waals surface area contributed by atoms with Gasteiger partial charge < -0.3 is 9.47 Å². The zero-order valence-corrected chi connectivity index (χ0v) is 11.5. The molecule has 11 heteroatoms. The second-order valence-electron chi connectivity index (χ2n) is 3.28. The van der Waals surface area contributed by atoms with E-state index in [1.54, 1.807) is 0 Å². The van der Waals surface area contributed by atoms with Crippen molar-refractivity contribution < 1.29 is 31.6 Å². The number of nitro benzene ring substituents is 1. The summed E-state index contributed by atoms with van der Waals surface area (Å²) in [6.07, 6.45) is 0. The molecule has 0 fully saturated rings. The smallest absolute Gasteiger partial charge is 0.387 e. The third-order valence-corrected chi connectivity index (χ3v) is 3.31. The molecule has 0 atom stereocenters. The van der Waals surface area contributed by atoms with E-state index in [9.17, 15) is 27.3 Å². The van der Waals surface area contributed by atoms with Crippen LogP contribution in [0.5, 0.6) is 11.5 Å². The van der Waals surface area contributed by atoms with Crippen LogP contribution >= 0.6 is 10.7 Å². The summed E-state index contributed by atoms with van der Waals surface area (Å²) in [7, 11) is 0.659. The number of nitro groups is 1. The van der Waals surface area contributed by atoms with E-state index in [0.717, 1.165) is 0 Å². The highest BCUT2D eigenvalue weighted by atomic mass is 35.7. The summed E-state index contributed by atoms with van der Waals surface area (Å²) in [6.45, 7) is -1.91. The molecule has 20 heavy (non-hydrogen) atoms. The van der Waals surface area contributed by atoms with Crippen LogP contribution in [0.25, 0.3) is 0 Å². The molecule has 0 radical (unpaired) electrons. The Morgan fingerprint density at radius 1 is 1.45 bits per heavy atom. The van der Waals surface area contributed by atoms with Crippen molar-refractivity contribution in [1.29, 1.82) is 0 Å². The van der Waals surface area contributed by atoms with Gasteiger partial charge in [-0.1, -0.05) is 0 Å². The van der Waals surface area contributed by atoms with Crippen LogP contribution < -0.4 is 9.47 Å². The highest BCUT2D eigenvalue weighted by Gasteiger charge is 2.29.